The van der Waals surface area contributed by atoms with E-state index in [-0.39, 0.29) is 11.7 Å². The van der Waals surface area contributed by atoms with Gasteiger partial charge in [0.15, 0.2) is 0 Å². The first kappa shape index (κ1) is 22.3. The maximum atomic E-state index is 12.4. The zero-order valence-electron chi connectivity index (χ0n) is 18.4. The summed E-state index contributed by atoms with van der Waals surface area (Å²) in [6.07, 6.45) is 0.781. The van der Waals surface area contributed by atoms with Crippen LogP contribution in [-0.4, -0.2) is 31.2 Å². The predicted octanol–water partition coefficient (Wildman–Crippen LogP) is 5.33. The van der Waals surface area contributed by atoms with Crippen molar-refractivity contribution in [2.45, 2.75) is 39.3 Å². The van der Waals surface area contributed by atoms with Crippen LogP contribution < -0.4 is 5.32 Å². The maximum absolute atomic E-state index is 12.4. The van der Waals surface area contributed by atoms with Crippen molar-refractivity contribution in [3.8, 4) is 0 Å². The van der Waals surface area contributed by atoms with Gasteiger partial charge < -0.3 is 5.32 Å². The second-order valence-electron chi connectivity index (χ2n) is 7.85. The average Bonchev–Trinajstić information content (AvgIpc) is 3.16. The molecule has 1 N–H and O–H groups in total. The van der Waals surface area contributed by atoms with E-state index < -0.39 is 0 Å². The van der Waals surface area contributed by atoms with Crippen molar-refractivity contribution in [3.05, 3.63) is 81.1 Å². The molecule has 4 rings (SSSR count). The van der Waals surface area contributed by atoms with Gasteiger partial charge in [-0.1, -0.05) is 59.3 Å². The number of rotatable bonds is 6. The van der Waals surface area contributed by atoms with Crippen LogP contribution in [-0.2, 0) is 11.2 Å². The van der Waals surface area contributed by atoms with Gasteiger partial charge in [0.2, 0.25) is 11.1 Å². The summed E-state index contributed by atoms with van der Waals surface area (Å²) in [4.78, 5) is 21.5. The van der Waals surface area contributed by atoms with Crippen molar-refractivity contribution < 1.29 is 4.79 Å². The summed E-state index contributed by atoms with van der Waals surface area (Å²) in [7, 11) is 0. The summed E-state index contributed by atoms with van der Waals surface area (Å²) in [6.45, 7) is 8.06. The van der Waals surface area contributed by atoms with E-state index in [2.05, 4.69) is 51.6 Å². The average molecular weight is 466 g/mol. The molecular formula is C24H24ClN5OS. The number of fused-ring (bicyclic) bond motifs is 1. The Kier molecular flexibility index (Phi) is 6.48. The summed E-state index contributed by atoms with van der Waals surface area (Å²) in [5.41, 5.74) is 7.17. The molecule has 2 aromatic heterocycles. The van der Waals surface area contributed by atoms with Crippen molar-refractivity contribution in [3.63, 3.8) is 0 Å². The van der Waals surface area contributed by atoms with Gasteiger partial charge in [-0.3, -0.25) is 4.79 Å². The van der Waals surface area contributed by atoms with E-state index in [1.807, 2.05) is 32.9 Å². The summed E-state index contributed by atoms with van der Waals surface area (Å²) >= 11 is 7.47. The lowest BCUT2D eigenvalue weighted by atomic mass is 10.0. The van der Waals surface area contributed by atoms with E-state index in [1.54, 1.807) is 10.6 Å². The third-order valence-electron chi connectivity index (χ3n) is 5.26. The number of benzene rings is 2. The molecule has 0 radical (unpaired) electrons. The quantitative estimate of drug-likeness (QED) is 0.389. The van der Waals surface area contributed by atoms with Crippen LogP contribution in [0.5, 0.6) is 0 Å². The Balaban J connectivity index is 1.49. The monoisotopic (exact) mass is 465 g/mol. The van der Waals surface area contributed by atoms with Crippen molar-refractivity contribution >= 4 is 40.7 Å². The Bertz CT molecular complexity index is 1300. The summed E-state index contributed by atoms with van der Waals surface area (Å²) in [5, 5.41) is 8.44. The number of nitrogens with one attached hydrogen (secondary N) is 1. The number of amides is 1. The zero-order chi connectivity index (χ0) is 22.8. The van der Waals surface area contributed by atoms with Crippen LogP contribution in [0, 0.1) is 27.7 Å². The number of anilines is 1. The molecule has 32 heavy (non-hydrogen) atoms. The Morgan fingerprint density at radius 2 is 1.75 bits per heavy atom. The molecule has 0 aliphatic heterocycles. The number of carbonyl (C=O) groups is 1. The topological polar surface area (TPSA) is 72.2 Å². The number of hydrogen-bond donors (Lipinski definition) is 1. The van der Waals surface area contributed by atoms with Crippen molar-refractivity contribution in [2.24, 2.45) is 0 Å². The van der Waals surface area contributed by atoms with Crippen LogP contribution in [0.1, 0.15) is 33.6 Å². The van der Waals surface area contributed by atoms with E-state index in [0.29, 0.717) is 21.6 Å². The second-order valence-corrected chi connectivity index (χ2v) is 9.20. The van der Waals surface area contributed by atoms with E-state index in [1.165, 1.54) is 22.9 Å². The molecule has 0 saturated carbocycles. The van der Waals surface area contributed by atoms with Crippen molar-refractivity contribution in [1.82, 2.24) is 19.6 Å². The Morgan fingerprint density at radius 1 is 1.03 bits per heavy atom. The molecule has 0 atom stereocenters. The van der Waals surface area contributed by atoms with E-state index in [4.69, 9.17) is 11.6 Å². The molecule has 1 amide bonds. The molecule has 2 heterocycles. The Morgan fingerprint density at radius 3 is 2.47 bits per heavy atom. The molecule has 6 nitrogen and oxygen atoms in total. The van der Waals surface area contributed by atoms with Gasteiger partial charge in [0.25, 0.3) is 5.78 Å². The highest BCUT2D eigenvalue weighted by molar-refractivity contribution is 7.99. The standard InChI is InChI=1S/C24H24ClN5OS/c1-14-5-8-18(9-6-14)12-19-16(3)26-23-28-24(29-30(23)17(19)4)32-13-22(31)27-21-10-7-15(2)11-20(21)25/h5-11H,12-13H2,1-4H3,(H,27,31). The highest BCUT2D eigenvalue weighted by Gasteiger charge is 2.15. The number of carbonyl (C=O) groups excluding carboxylic acids is 1. The minimum absolute atomic E-state index is 0.166. The molecule has 0 bridgehead atoms. The number of hydrogen-bond acceptors (Lipinski definition) is 5. The van der Waals surface area contributed by atoms with Crippen LogP contribution in [0.4, 0.5) is 5.69 Å². The lowest BCUT2D eigenvalue weighted by Gasteiger charge is -2.10. The van der Waals surface area contributed by atoms with Crippen LogP contribution in [0.3, 0.4) is 0 Å². The predicted molar refractivity (Wildman–Crippen MR) is 130 cm³/mol. The Labute approximate surface area is 196 Å². The summed E-state index contributed by atoms with van der Waals surface area (Å²) in [5.74, 6) is 0.549. The molecule has 164 valence electrons. The minimum Gasteiger partial charge on any atom is -0.324 e. The lowest BCUT2D eigenvalue weighted by molar-refractivity contribution is -0.113. The highest BCUT2D eigenvalue weighted by Crippen LogP contribution is 2.24. The SMILES string of the molecule is Cc1ccc(Cc2c(C)nc3nc(SCC(=O)Nc4ccc(C)cc4Cl)nn3c2C)cc1. The van der Waals surface area contributed by atoms with Crippen LogP contribution in [0.15, 0.2) is 47.6 Å². The van der Waals surface area contributed by atoms with Crippen LogP contribution >= 0.6 is 23.4 Å². The summed E-state index contributed by atoms with van der Waals surface area (Å²) < 4.78 is 1.76. The number of aryl methyl sites for hydroxylation is 4. The Hall–Kier alpha value is -2.90. The van der Waals surface area contributed by atoms with Gasteiger partial charge in [0.05, 0.1) is 16.5 Å². The second kappa shape index (κ2) is 9.30. The molecule has 0 aliphatic rings. The molecule has 0 fully saturated rings. The minimum atomic E-state index is -0.166. The lowest BCUT2D eigenvalue weighted by Crippen LogP contribution is -2.14. The van der Waals surface area contributed by atoms with Gasteiger partial charge in [-0.05, 0) is 56.5 Å². The molecule has 0 spiro atoms. The molecule has 0 unspecified atom stereocenters. The van der Waals surface area contributed by atoms with Gasteiger partial charge >= 0.3 is 0 Å². The fraction of sp³-hybridized carbons (Fsp3) is 0.250. The van der Waals surface area contributed by atoms with Crippen molar-refractivity contribution in [1.29, 1.82) is 0 Å². The first-order valence-corrected chi connectivity index (χ1v) is 11.6. The van der Waals surface area contributed by atoms with Gasteiger partial charge in [-0.25, -0.2) is 9.50 Å². The van der Waals surface area contributed by atoms with E-state index in [0.717, 1.165) is 28.9 Å². The molecule has 0 aliphatic carbocycles. The number of thioether (sulfide) groups is 1. The molecule has 2 aromatic carbocycles. The summed E-state index contributed by atoms with van der Waals surface area (Å²) in [6, 6.07) is 14.0. The fourth-order valence-electron chi connectivity index (χ4n) is 3.45. The first-order chi connectivity index (χ1) is 15.3. The maximum Gasteiger partial charge on any atom is 0.253 e. The molecule has 0 saturated heterocycles. The molecule has 8 heteroatoms. The third-order valence-corrected chi connectivity index (χ3v) is 6.41. The molecular weight excluding hydrogens is 442 g/mol. The number of halogens is 1. The number of aromatic nitrogens is 4. The zero-order valence-corrected chi connectivity index (χ0v) is 20.0. The van der Waals surface area contributed by atoms with Gasteiger partial charge in [-0.15, -0.1) is 5.10 Å². The highest BCUT2D eigenvalue weighted by atomic mass is 35.5. The van der Waals surface area contributed by atoms with Gasteiger partial charge in [-0.2, -0.15) is 4.98 Å². The van der Waals surface area contributed by atoms with E-state index in [9.17, 15) is 4.79 Å². The van der Waals surface area contributed by atoms with Crippen molar-refractivity contribution in [2.75, 3.05) is 11.1 Å². The smallest absolute Gasteiger partial charge is 0.253 e. The number of nitrogens with zero attached hydrogens (tertiary/aromatic N) is 4. The van der Waals surface area contributed by atoms with Gasteiger partial charge in [0.1, 0.15) is 0 Å². The van der Waals surface area contributed by atoms with E-state index >= 15 is 0 Å². The third kappa shape index (κ3) is 4.95. The van der Waals surface area contributed by atoms with Gasteiger partial charge in [0, 0.05) is 17.8 Å². The van der Waals surface area contributed by atoms with Crippen LogP contribution in [0.2, 0.25) is 5.02 Å². The fourth-order valence-corrected chi connectivity index (χ4v) is 4.36. The molecule has 4 aromatic rings. The normalized spacial score (nSPS) is 11.2. The largest absolute Gasteiger partial charge is 0.324 e. The van der Waals surface area contributed by atoms with Crippen LogP contribution in [0.25, 0.3) is 5.78 Å². The first-order valence-electron chi connectivity index (χ1n) is 10.3.